The summed E-state index contributed by atoms with van der Waals surface area (Å²) in [5.74, 6) is 1.64. The van der Waals surface area contributed by atoms with E-state index in [1.807, 2.05) is 12.1 Å². The van der Waals surface area contributed by atoms with Crippen LogP contribution in [-0.2, 0) is 6.54 Å². The maximum atomic E-state index is 5.45. The zero-order valence-electron chi connectivity index (χ0n) is 11.8. The minimum Gasteiger partial charge on any atom is -0.490 e. The van der Waals surface area contributed by atoms with Gasteiger partial charge in [-0.15, -0.1) is 0 Å². The molecule has 18 heavy (non-hydrogen) atoms. The molecular formula is C16H25NO. The minimum atomic E-state index is 0.557. The standard InChI is InChI=1S/C16H25NO/c1-5-10-18-16-8-6-15(7-9-16)12-17-14(4)11-13(2)3/h5-9,13-14,17H,1,10-12H2,2-4H3. The normalized spacial score (nSPS) is 12.4. The molecule has 1 N–H and O–H groups in total. The SMILES string of the molecule is C=CCOc1ccc(CNC(C)CC(C)C)cc1. The van der Waals surface area contributed by atoms with Crippen molar-refractivity contribution in [2.45, 2.75) is 39.8 Å². The van der Waals surface area contributed by atoms with E-state index in [9.17, 15) is 0 Å². The maximum Gasteiger partial charge on any atom is 0.119 e. The molecule has 0 aliphatic heterocycles. The summed E-state index contributed by atoms with van der Waals surface area (Å²) in [6.45, 7) is 11.8. The fraction of sp³-hybridized carbons (Fsp3) is 0.500. The first-order valence-electron chi connectivity index (χ1n) is 6.67. The number of rotatable bonds is 8. The zero-order chi connectivity index (χ0) is 13.4. The molecule has 1 unspecified atom stereocenters. The Morgan fingerprint density at radius 1 is 1.22 bits per heavy atom. The van der Waals surface area contributed by atoms with E-state index in [1.54, 1.807) is 6.08 Å². The Morgan fingerprint density at radius 3 is 2.44 bits per heavy atom. The molecule has 0 bridgehead atoms. The number of ether oxygens (including phenoxy) is 1. The lowest BCUT2D eigenvalue weighted by Gasteiger charge is -2.16. The second kappa shape index (κ2) is 7.93. The summed E-state index contributed by atoms with van der Waals surface area (Å²) in [4.78, 5) is 0. The molecule has 0 spiro atoms. The van der Waals surface area contributed by atoms with E-state index in [1.165, 1.54) is 12.0 Å². The van der Waals surface area contributed by atoms with E-state index in [0.717, 1.165) is 18.2 Å². The average Bonchev–Trinajstić information content (AvgIpc) is 2.34. The van der Waals surface area contributed by atoms with E-state index in [4.69, 9.17) is 4.74 Å². The summed E-state index contributed by atoms with van der Waals surface area (Å²) in [7, 11) is 0. The largest absolute Gasteiger partial charge is 0.490 e. The minimum absolute atomic E-state index is 0.557. The quantitative estimate of drug-likeness (QED) is 0.706. The van der Waals surface area contributed by atoms with Gasteiger partial charge in [-0.3, -0.25) is 0 Å². The number of nitrogens with one attached hydrogen (secondary N) is 1. The molecule has 0 saturated heterocycles. The summed E-state index contributed by atoms with van der Waals surface area (Å²) < 4.78 is 5.45. The molecule has 1 atom stereocenters. The summed E-state index contributed by atoms with van der Waals surface area (Å²) >= 11 is 0. The molecule has 1 aromatic rings. The van der Waals surface area contributed by atoms with E-state index in [0.29, 0.717) is 12.6 Å². The van der Waals surface area contributed by atoms with Gasteiger partial charge < -0.3 is 10.1 Å². The summed E-state index contributed by atoms with van der Waals surface area (Å²) in [6, 6.07) is 8.78. The second-order valence-corrected chi connectivity index (χ2v) is 5.16. The highest BCUT2D eigenvalue weighted by molar-refractivity contribution is 5.27. The van der Waals surface area contributed by atoms with Crippen LogP contribution >= 0.6 is 0 Å². The molecule has 2 nitrogen and oxygen atoms in total. The van der Waals surface area contributed by atoms with Crippen LogP contribution in [0.5, 0.6) is 5.75 Å². The van der Waals surface area contributed by atoms with Gasteiger partial charge >= 0.3 is 0 Å². The first-order chi connectivity index (χ1) is 8.61. The Bertz CT molecular complexity index is 343. The summed E-state index contributed by atoms with van der Waals surface area (Å²) in [6.07, 6.45) is 2.96. The molecule has 0 amide bonds. The maximum absolute atomic E-state index is 5.45. The predicted octanol–water partition coefficient (Wildman–Crippen LogP) is 3.78. The van der Waals surface area contributed by atoms with Crippen molar-refractivity contribution in [1.29, 1.82) is 0 Å². The van der Waals surface area contributed by atoms with Gasteiger partial charge in [0.25, 0.3) is 0 Å². The van der Waals surface area contributed by atoms with Gasteiger partial charge in [-0.1, -0.05) is 38.6 Å². The number of hydrogen-bond donors (Lipinski definition) is 1. The molecule has 2 heteroatoms. The Labute approximate surface area is 111 Å². The lowest BCUT2D eigenvalue weighted by atomic mass is 10.1. The van der Waals surface area contributed by atoms with Gasteiger partial charge in [-0.05, 0) is 37.0 Å². The third kappa shape index (κ3) is 5.87. The molecule has 0 radical (unpaired) electrons. The molecule has 100 valence electrons. The van der Waals surface area contributed by atoms with Gasteiger partial charge in [-0.25, -0.2) is 0 Å². The Balaban J connectivity index is 2.36. The van der Waals surface area contributed by atoms with Crippen LogP contribution < -0.4 is 10.1 Å². The third-order valence-electron chi connectivity index (χ3n) is 2.77. The Hall–Kier alpha value is -1.28. The van der Waals surface area contributed by atoms with Gasteiger partial charge in [0.15, 0.2) is 0 Å². The van der Waals surface area contributed by atoms with Crippen LogP contribution in [0.1, 0.15) is 32.8 Å². The Morgan fingerprint density at radius 2 is 1.89 bits per heavy atom. The van der Waals surface area contributed by atoms with Crippen molar-refractivity contribution in [2.75, 3.05) is 6.61 Å². The second-order valence-electron chi connectivity index (χ2n) is 5.16. The van der Waals surface area contributed by atoms with Crippen LogP contribution in [0.15, 0.2) is 36.9 Å². The third-order valence-corrected chi connectivity index (χ3v) is 2.77. The van der Waals surface area contributed by atoms with E-state index < -0.39 is 0 Å². The molecule has 0 aromatic heterocycles. The molecule has 0 aliphatic carbocycles. The van der Waals surface area contributed by atoms with Gasteiger partial charge in [0.2, 0.25) is 0 Å². The van der Waals surface area contributed by atoms with Crippen LogP contribution in [0.4, 0.5) is 0 Å². The topological polar surface area (TPSA) is 21.3 Å². The van der Waals surface area contributed by atoms with Crippen LogP contribution in [0, 0.1) is 5.92 Å². The van der Waals surface area contributed by atoms with Gasteiger partial charge in [0.1, 0.15) is 12.4 Å². The van der Waals surface area contributed by atoms with Crippen molar-refractivity contribution in [3.05, 3.63) is 42.5 Å². The van der Waals surface area contributed by atoms with Crippen molar-refractivity contribution < 1.29 is 4.74 Å². The van der Waals surface area contributed by atoms with E-state index in [-0.39, 0.29) is 0 Å². The fourth-order valence-electron chi connectivity index (χ4n) is 1.94. The summed E-state index contributed by atoms with van der Waals surface area (Å²) in [5, 5.41) is 3.54. The highest BCUT2D eigenvalue weighted by atomic mass is 16.5. The van der Waals surface area contributed by atoms with Crippen LogP contribution in [0.3, 0.4) is 0 Å². The molecular weight excluding hydrogens is 222 g/mol. The molecule has 0 fully saturated rings. The molecule has 0 saturated carbocycles. The lowest BCUT2D eigenvalue weighted by molar-refractivity contribution is 0.363. The molecule has 0 aliphatic rings. The molecule has 1 aromatic carbocycles. The number of benzene rings is 1. The zero-order valence-corrected chi connectivity index (χ0v) is 11.8. The van der Waals surface area contributed by atoms with Crippen molar-refractivity contribution in [3.63, 3.8) is 0 Å². The molecule has 0 heterocycles. The number of hydrogen-bond acceptors (Lipinski definition) is 2. The highest BCUT2D eigenvalue weighted by Gasteiger charge is 2.04. The predicted molar refractivity (Wildman–Crippen MR) is 77.9 cm³/mol. The van der Waals surface area contributed by atoms with Gasteiger partial charge in [0.05, 0.1) is 0 Å². The summed E-state index contributed by atoms with van der Waals surface area (Å²) in [5.41, 5.74) is 1.29. The van der Waals surface area contributed by atoms with Crippen LogP contribution in [0.25, 0.3) is 0 Å². The first-order valence-corrected chi connectivity index (χ1v) is 6.67. The van der Waals surface area contributed by atoms with Crippen LogP contribution in [0.2, 0.25) is 0 Å². The average molecular weight is 247 g/mol. The van der Waals surface area contributed by atoms with Gasteiger partial charge in [0, 0.05) is 12.6 Å². The first kappa shape index (κ1) is 14.8. The van der Waals surface area contributed by atoms with Crippen molar-refractivity contribution >= 4 is 0 Å². The van der Waals surface area contributed by atoms with Crippen LogP contribution in [-0.4, -0.2) is 12.6 Å². The molecule has 1 rings (SSSR count). The van der Waals surface area contributed by atoms with Crippen molar-refractivity contribution in [2.24, 2.45) is 5.92 Å². The highest BCUT2D eigenvalue weighted by Crippen LogP contribution is 2.12. The van der Waals surface area contributed by atoms with E-state index in [2.05, 4.69) is 44.8 Å². The van der Waals surface area contributed by atoms with Crippen molar-refractivity contribution in [1.82, 2.24) is 5.32 Å². The van der Waals surface area contributed by atoms with Gasteiger partial charge in [-0.2, -0.15) is 0 Å². The smallest absolute Gasteiger partial charge is 0.119 e. The lowest BCUT2D eigenvalue weighted by Crippen LogP contribution is -2.26. The Kier molecular flexibility index (Phi) is 6.51. The fourth-order valence-corrected chi connectivity index (χ4v) is 1.94. The van der Waals surface area contributed by atoms with Crippen molar-refractivity contribution in [3.8, 4) is 5.75 Å². The van der Waals surface area contributed by atoms with E-state index >= 15 is 0 Å². The monoisotopic (exact) mass is 247 g/mol.